The Hall–Kier alpha value is -3.69. The van der Waals surface area contributed by atoms with Crippen molar-refractivity contribution < 1.29 is 18.0 Å². The zero-order valence-electron chi connectivity index (χ0n) is 23.6. The van der Waals surface area contributed by atoms with Crippen molar-refractivity contribution in [3.05, 3.63) is 102 Å². The standard InChI is InChI=1S/C32H38N4O4S/c1-35(23-25-13-7-4-8-14-25)31(38)27(18-17-24-11-5-3-6-12-24)34-30(37)29-32(19-21-33-22-20-32)26-15-9-10-16-28(26)36(29)41(2,39)40/h3-16,27,29,33H,17-23H2,1-2H3,(H,34,37)/t27-,29?/m0/s1. The topological polar surface area (TPSA) is 98.8 Å². The van der Waals surface area contributed by atoms with Crippen molar-refractivity contribution in [3.8, 4) is 0 Å². The van der Waals surface area contributed by atoms with Crippen LogP contribution in [0.4, 0.5) is 5.69 Å². The Morgan fingerprint density at radius 2 is 1.54 bits per heavy atom. The minimum atomic E-state index is -3.80. The molecule has 0 saturated carbocycles. The van der Waals surface area contributed by atoms with Gasteiger partial charge < -0.3 is 15.5 Å². The number of para-hydroxylation sites is 1. The van der Waals surface area contributed by atoms with E-state index in [1.54, 1.807) is 24.1 Å². The fourth-order valence-electron chi connectivity index (χ4n) is 6.41. The number of fused-ring (bicyclic) bond motifs is 2. The number of nitrogens with one attached hydrogen (secondary N) is 2. The Balaban J connectivity index is 1.47. The van der Waals surface area contributed by atoms with Crippen molar-refractivity contribution in [2.45, 2.75) is 49.7 Å². The molecule has 2 amide bonds. The molecule has 0 aliphatic carbocycles. The third kappa shape index (κ3) is 6.01. The fraction of sp³-hybridized carbons (Fsp3) is 0.375. The number of hydrogen-bond acceptors (Lipinski definition) is 5. The number of rotatable bonds is 9. The van der Waals surface area contributed by atoms with E-state index in [1.807, 2.05) is 72.8 Å². The molecule has 41 heavy (non-hydrogen) atoms. The van der Waals surface area contributed by atoms with Crippen molar-refractivity contribution in [3.63, 3.8) is 0 Å². The second-order valence-electron chi connectivity index (χ2n) is 11.1. The van der Waals surface area contributed by atoms with Crippen molar-refractivity contribution >= 4 is 27.5 Å². The minimum absolute atomic E-state index is 0.209. The van der Waals surface area contributed by atoms with Crippen LogP contribution < -0.4 is 14.9 Å². The van der Waals surface area contributed by atoms with Gasteiger partial charge >= 0.3 is 0 Å². The highest BCUT2D eigenvalue weighted by Gasteiger charge is 2.57. The molecule has 2 aliphatic heterocycles. The average Bonchev–Trinajstić information content (AvgIpc) is 3.26. The van der Waals surface area contributed by atoms with Crippen LogP contribution in [0.2, 0.25) is 0 Å². The summed E-state index contributed by atoms with van der Waals surface area (Å²) in [5.74, 6) is -0.646. The molecular weight excluding hydrogens is 536 g/mol. The van der Waals surface area contributed by atoms with Crippen LogP contribution in [0.3, 0.4) is 0 Å². The first-order valence-electron chi connectivity index (χ1n) is 14.1. The molecule has 2 N–H and O–H groups in total. The van der Waals surface area contributed by atoms with E-state index in [0.717, 1.165) is 22.9 Å². The van der Waals surface area contributed by atoms with Crippen LogP contribution >= 0.6 is 0 Å². The lowest BCUT2D eigenvalue weighted by atomic mass is 9.69. The Kier molecular flexibility index (Phi) is 8.47. The van der Waals surface area contributed by atoms with E-state index in [-0.39, 0.29) is 5.91 Å². The maximum Gasteiger partial charge on any atom is 0.245 e. The van der Waals surface area contributed by atoms with Gasteiger partial charge in [-0.25, -0.2) is 8.42 Å². The van der Waals surface area contributed by atoms with Crippen molar-refractivity contribution in [2.75, 3.05) is 30.7 Å². The quantitative estimate of drug-likeness (QED) is 0.409. The molecule has 2 heterocycles. The highest BCUT2D eigenvalue weighted by Crippen LogP contribution is 2.51. The molecule has 3 aromatic rings. The van der Waals surface area contributed by atoms with Gasteiger partial charge in [0.05, 0.1) is 11.9 Å². The molecular formula is C32H38N4O4S. The smallest absolute Gasteiger partial charge is 0.245 e. The van der Waals surface area contributed by atoms with Crippen LogP contribution in [0, 0.1) is 0 Å². The number of benzene rings is 3. The van der Waals surface area contributed by atoms with Crippen molar-refractivity contribution in [2.24, 2.45) is 0 Å². The molecule has 9 heteroatoms. The summed E-state index contributed by atoms with van der Waals surface area (Å²) >= 11 is 0. The molecule has 1 saturated heterocycles. The second-order valence-corrected chi connectivity index (χ2v) is 13.0. The molecule has 0 bridgehead atoms. The van der Waals surface area contributed by atoms with Gasteiger partial charge in [0.25, 0.3) is 0 Å². The molecule has 8 nitrogen and oxygen atoms in total. The summed E-state index contributed by atoms with van der Waals surface area (Å²) in [5.41, 5.74) is 2.79. The highest BCUT2D eigenvalue weighted by molar-refractivity contribution is 7.92. The van der Waals surface area contributed by atoms with Gasteiger partial charge in [0, 0.05) is 19.0 Å². The van der Waals surface area contributed by atoms with Crippen LogP contribution in [-0.2, 0) is 38.0 Å². The van der Waals surface area contributed by atoms with Gasteiger partial charge in [0.1, 0.15) is 12.1 Å². The molecule has 1 fully saturated rings. The summed E-state index contributed by atoms with van der Waals surface area (Å²) in [6, 6.07) is 25.2. The lowest BCUT2D eigenvalue weighted by Gasteiger charge is -2.41. The summed E-state index contributed by atoms with van der Waals surface area (Å²) in [6.07, 6.45) is 3.36. The van der Waals surface area contributed by atoms with Gasteiger partial charge in [0.2, 0.25) is 21.8 Å². The Bertz CT molecular complexity index is 1470. The third-order valence-corrected chi connectivity index (χ3v) is 9.48. The number of aryl methyl sites for hydroxylation is 1. The Labute approximate surface area is 242 Å². The number of anilines is 1. The normalized spacial score (nSPS) is 18.5. The van der Waals surface area contributed by atoms with E-state index in [4.69, 9.17) is 0 Å². The number of sulfonamides is 1. The van der Waals surface area contributed by atoms with Gasteiger partial charge in [-0.3, -0.25) is 13.9 Å². The van der Waals surface area contributed by atoms with E-state index in [9.17, 15) is 18.0 Å². The SMILES string of the molecule is CN(Cc1ccccc1)C(=O)[C@H](CCc1ccccc1)NC(=O)C1N(S(C)(=O)=O)c2ccccc2C12CCNCC2. The maximum atomic E-state index is 14.3. The summed E-state index contributed by atoms with van der Waals surface area (Å²) in [4.78, 5) is 29.8. The van der Waals surface area contributed by atoms with Gasteiger partial charge in [-0.15, -0.1) is 0 Å². The molecule has 1 spiro atoms. The van der Waals surface area contributed by atoms with Crippen LogP contribution in [-0.4, -0.2) is 63.6 Å². The van der Waals surface area contributed by atoms with Crippen LogP contribution in [0.5, 0.6) is 0 Å². The zero-order valence-corrected chi connectivity index (χ0v) is 24.4. The van der Waals surface area contributed by atoms with E-state index in [1.165, 1.54) is 4.31 Å². The monoisotopic (exact) mass is 574 g/mol. The minimum Gasteiger partial charge on any atom is -0.342 e. The second kappa shape index (κ2) is 12.0. The first-order valence-corrected chi connectivity index (χ1v) is 16.0. The first-order chi connectivity index (χ1) is 19.7. The van der Waals surface area contributed by atoms with Crippen LogP contribution in [0.1, 0.15) is 36.0 Å². The maximum absolute atomic E-state index is 14.3. The average molecular weight is 575 g/mol. The molecule has 2 atom stereocenters. The summed E-state index contributed by atoms with van der Waals surface area (Å²) in [7, 11) is -2.06. The van der Waals surface area contributed by atoms with Gasteiger partial charge in [-0.1, -0.05) is 78.9 Å². The molecule has 2 aliphatic rings. The number of amides is 2. The molecule has 3 aromatic carbocycles. The molecule has 0 radical (unpaired) electrons. The number of hydrogen-bond donors (Lipinski definition) is 2. The van der Waals surface area contributed by atoms with E-state index < -0.39 is 33.4 Å². The molecule has 5 rings (SSSR count). The summed E-state index contributed by atoms with van der Waals surface area (Å²) in [6.45, 7) is 1.75. The summed E-state index contributed by atoms with van der Waals surface area (Å²) < 4.78 is 27.8. The van der Waals surface area contributed by atoms with Crippen LogP contribution in [0.25, 0.3) is 0 Å². The number of likely N-dealkylation sites (N-methyl/N-ethyl adjacent to an activating group) is 1. The lowest BCUT2D eigenvalue weighted by Crippen LogP contribution is -2.61. The number of carbonyl (C=O) groups excluding carboxylic acids is 2. The van der Waals surface area contributed by atoms with Crippen molar-refractivity contribution in [1.29, 1.82) is 0 Å². The van der Waals surface area contributed by atoms with Crippen molar-refractivity contribution in [1.82, 2.24) is 15.5 Å². The van der Waals surface area contributed by atoms with E-state index >= 15 is 0 Å². The number of nitrogens with zero attached hydrogens (tertiary/aromatic N) is 2. The number of piperidine rings is 1. The predicted molar refractivity (Wildman–Crippen MR) is 161 cm³/mol. The fourth-order valence-corrected chi connectivity index (χ4v) is 7.60. The Morgan fingerprint density at radius 3 is 2.17 bits per heavy atom. The van der Waals surface area contributed by atoms with Gasteiger partial charge in [0.15, 0.2) is 0 Å². The van der Waals surface area contributed by atoms with Crippen LogP contribution in [0.15, 0.2) is 84.9 Å². The van der Waals surface area contributed by atoms with Gasteiger partial charge in [-0.05, 0) is 61.5 Å². The largest absolute Gasteiger partial charge is 0.342 e. The first kappa shape index (κ1) is 28.8. The van der Waals surface area contributed by atoms with Gasteiger partial charge in [-0.2, -0.15) is 0 Å². The predicted octanol–water partition coefficient (Wildman–Crippen LogP) is 3.23. The zero-order chi connectivity index (χ0) is 29.0. The molecule has 0 aromatic heterocycles. The lowest BCUT2D eigenvalue weighted by molar-refractivity contribution is -0.136. The Morgan fingerprint density at radius 1 is 0.951 bits per heavy atom. The van der Waals surface area contributed by atoms with E-state index in [0.29, 0.717) is 51.0 Å². The van der Waals surface area contributed by atoms with E-state index in [2.05, 4.69) is 10.6 Å². The molecule has 1 unspecified atom stereocenters. The highest BCUT2D eigenvalue weighted by atomic mass is 32.2. The third-order valence-electron chi connectivity index (χ3n) is 8.36. The summed E-state index contributed by atoms with van der Waals surface area (Å²) in [5, 5.41) is 6.40. The molecule has 216 valence electrons. The number of carbonyl (C=O) groups is 2.